The van der Waals surface area contributed by atoms with Gasteiger partial charge < -0.3 is 20.5 Å². The molecular formula is C16H22N2O4S. The normalized spacial score (nSPS) is 12.1. The monoisotopic (exact) mass is 338 g/mol. The van der Waals surface area contributed by atoms with Crippen LogP contribution in [0.4, 0.5) is 4.79 Å². The molecule has 0 spiro atoms. The van der Waals surface area contributed by atoms with Crippen LogP contribution >= 0.6 is 12.2 Å². The number of rotatable bonds is 6. The molecule has 1 amide bonds. The lowest BCUT2D eigenvalue weighted by Crippen LogP contribution is -2.46. The minimum Gasteiger partial charge on any atom is -0.461 e. The summed E-state index contributed by atoms with van der Waals surface area (Å²) < 4.78 is 10.3. The minimum absolute atomic E-state index is 0.00693. The van der Waals surface area contributed by atoms with Gasteiger partial charge in [0.15, 0.2) is 0 Å². The molecule has 0 bridgehead atoms. The van der Waals surface area contributed by atoms with Crippen molar-refractivity contribution in [2.24, 2.45) is 5.73 Å². The Morgan fingerprint density at radius 1 is 1.26 bits per heavy atom. The first-order chi connectivity index (χ1) is 10.7. The standard InChI is InChI=1S/C16H22N2O4S/c1-16(2,3)22-15(20)18-12(14(17)23)9-13(19)21-10-11-7-5-4-6-8-11/h4-8,12H,9-10H2,1-3H3,(H2,17,23)(H,18,20). The van der Waals surface area contributed by atoms with Crippen LogP contribution in [0.2, 0.25) is 0 Å². The van der Waals surface area contributed by atoms with Gasteiger partial charge in [-0.05, 0) is 26.3 Å². The molecular weight excluding hydrogens is 316 g/mol. The number of hydrogen-bond donors (Lipinski definition) is 2. The Morgan fingerprint density at radius 2 is 1.87 bits per heavy atom. The van der Waals surface area contributed by atoms with Crippen molar-refractivity contribution in [3.63, 3.8) is 0 Å². The zero-order valence-electron chi connectivity index (χ0n) is 13.5. The van der Waals surface area contributed by atoms with Crippen LogP contribution in [0.15, 0.2) is 30.3 Å². The minimum atomic E-state index is -0.817. The molecule has 1 rings (SSSR count). The predicted octanol–water partition coefficient (Wildman–Crippen LogP) is 2.30. The van der Waals surface area contributed by atoms with Gasteiger partial charge in [0.2, 0.25) is 0 Å². The van der Waals surface area contributed by atoms with Crippen molar-refractivity contribution >= 4 is 29.3 Å². The van der Waals surface area contributed by atoms with E-state index in [9.17, 15) is 9.59 Å². The van der Waals surface area contributed by atoms with E-state index in [0.717, 1.165) is 5.56 Å². The molecule has 0 fully saturated rings. The Bertz CT molecular complexity index is 555. The topological polar surface area (TPSA) is 90.6 Å². The van der Waals surface area contributed by atoms with Crippen LogP contribution < -0.4 is 11.1 Å². The zero-order chi connectivity index (χ0) is 17.5. The number of carbonyl (C=O) groups excluding carboxylic acids is 2. The van der Waals surface area contributed by atoms with Crippen molar-refractivity contribution in [1.29, 1.82) is 0 Å². The van der Waals surface area contributed by atoms with E-state index in [1.165, 1.54) is 0 Å². The first kappa shape index (κ1) is 18.9. The molecule has 3 N–H and O–H groups in total. The Labute approximate surface area is 141 Å². The number of carbonyl (C=O) groups is 2. The maximum atomic E-state index is 11.9. The highest BCUT2D eigenvalue weighted by molar-refractivity contribution is 7.80. The lowest BCUT2D eigenvalue weighted by molar-refractivity contribution is -0.145. The number of thiocarbonyl (C=S) groups is 1. The summed E-state index contributed by atoms with van der Waals surface area (Å²) in [7, 11) is 0. The van der Waals surface area contributed by atoms with Crippen molar-refractivity contribution in [1.82, 2.24) is 5.32 Å². The first-order valence-electron chi connectivity index (χ1n) is 7.16. The highest BCUT2D eigenvalue weighted by Gasteiger charge is 2.23. The fourth-order valence-corrected chi connectivity index (χ4v) is 1.78. The third-order valence-electron chi connectivity index (χ3n) is 2.65. The van der Waals surface area contributed by atoms with Crippen molar-refractivity contribution in [3.8, 4) is 0 Å². The average molecular weight is 338 g/mol. The molecule has 1 aromatic rings. The number of ether oxygens (including phenoxy) is 2. The number of esters is 1. The molecule has 7 heteroatoms. The van der Waals surface area contributed by atoms with Crippen LogP contribution in [-0.2, 0) is 20.9 Å². The van der Waals surface area contributed by atoms with E-state index >= 15 is 0 Å². The summed E-state index contributed by atoms with van der Waals surface area (Å²) in [5, 5.41) is 2.47. The highest BCUT2D eigenvalue weighted by Crippen LogP contribution is 2.08. The third kappa shape index (κ3) is 8.15. The largest absolute Gasteiger partial charge is 0.461 e. The summed E-state index contributed by atoms with van der Waals surface area (Å²) in [6.45, 7) is 5.35. The van der Waals surface area contributed by atoms with Gasteiger partial charge in [-0.1, -0.05) is 42.5 Å². The van der Waals surface area contributed by atoms with Gasteiger partial charge >= 0.3 is 12.1 Å². The van der Waals surface area contributed by atoms with E-state index in [4.69, 9.17) is 27.4 Å². The molecule has 0 aliphatic heterocycles. The number of benzene rings is 1. The summed E-state index contributed by atoms with van der Waals surface area (Å²) in [6, 6.07) is 8.45. The van der Waals surface area contributed by atoms with E-state index in [1.807, 2.05) is 30.3 Å². The van der Waals surface area contributed by atoms with Crippen LogP contribution in [0, 0.1) is 0 Å². The summed E-state index contributed by atoms with van der Waals surface area (Å²) in [5.74, 6) is -0.511. The van der Waals surface area contributed by atoms with Crippen molar-refractivity contribution in [2.45, 2.75) is 45.4 Å². The fourth-order valence-electron chi connectivity index (χ4n) is 1.64. The summed E-state index contributed by atoms with van der Waals surface area (Å²) in [6.07, 6.45) is -0.840. The van der Waals surface area contributed by atoms with E-state index in [-0.39, 0.29) is 18.0 Å². The molecule has 6 nitrogen and oxygen atoms in total. The zero-order valence-corrected chi connectivity index (χ0v) is 14.3. The molecule has 1 unspecified atom stereocenters. The SMILES string of the molecule is CC(C)(C)OC(=O)NC(CC(=O)OCc1ccccc1)C(N)=S. The van der Waals surface area contributed by atoms with Crippen LogP contribution in [0.5, 0.6) is 0 Å². The number of nitrogens with two attached hydrogens (primary N) is 1. The second kappa shape index (κ2) is 8.47. The van der Waals surface area contributed by atoms with Crippen LogP contribution in [0.3, 0.4) is 0 Å². The van der Waals surface area contributed by atoms with Gasteiger partial charge in [-0.3, -0.25) is 4.79 Å². The Hall–Kier alpha value is -2.15. The van der Waals surface area contributed by atoms with Gasteiger partial charge in [0, 0.05) is 0 Å². The number of alkyl carbamates (subject to hydrolysis) is 1. The molecule has 126 valence electrons. The molecule has 0 saturated carbocycles. The second-order valence-electron chi connectivity index (χ2n) is 5.95. The lowest BCUT2D eigenvalue weighted by atomic mass is 10.2. The van der Waals surface area contributed by atoms with Gasteiger partial charge in [-0.25, -0.2) is 4.79 Å². The lowest BCUT2D eigenvalue weighted by Gasteiger charge is -2.22. The number of nitrogens with one attached hydrogen (secondary N) is 1. The quantitative estimate of drug-likeness (QED) is 0.611. The van der Waals surface area contributed by atoms with Gasteiger partial charge in [0.25, 0.3) is 0 Å². The van der Waals surface area contributed by atoms with E-state index in [2.05, 4.69) is 5.32 Å². The summed E-state index contributed by atoms with van der Waals surface area (Å²) in [4.78, 5) is 23.6. The second-order valence-corrected chi connectivity index (χ2v) is 6.42. The molecule has 0 aliphatic carbocycles. The van der Waals surface area contributed by atoms with Crippen LogP contribution in [0.25, 0.3) is 0 Å². The molecule has 1 aromatic carbocycles. The van der Waals surface area contributed by atoms with Crippen LogP contribution in [0.1, 0.15) is 32.8 Å². The van der Waals surface area contributed by atoms with Gasteiger partial charge in [-0.2, -0.15) is 0 Å². The maximum Gasteiger partial charge on any atom is 0.408 e. The Kier molecular flexibility index (Phi) is 6.96. The molecule has 0 aliphatic rings. The average Bonchev–Trinajstić information content (AvgIpc) is 2.43. The fraction of sp³-hybridized carbons (Fsp3) is 0.438. The molecule has 1 atom stereocenters. The highest BCUT2D eigenvalue weighted by atomic mass is 32.1. The number of hydrogen-bond acceptors (Lipinski definition) is 5. The smallest absolute Gasteiger partial charge is 0.408 e. The van der Waals surface area contributed by atoms with Crippen molar-refractivity contribution < 1.29 is 19.1 Å². The maximum absolute atomic E-state index is 11.9. The molecule has 0 saturated heterocycles. The van der Waals surface area contributed by atoms with Gasteiger partial charge in [-0.15, -0.1) is 0 Å². The third-order valence-corrected chi connectivity index (χ3v) is 2.93. The summed E-state index contributed by atoms with van der Waals surface area (Å²) in [5.41, 5.74) is 5.77. The van der Waals surface area contributed by atoms with E-state index in [0.29, 0.717) is 0 Å². The Morgan fingerprint density at radius 3 is 2.39 bits per heavy atom. The Balaban J connectivity index is 2.50. The molecule has 0 heterocycles. The molecule has 0 aromatic heterocycles. The van der Waals surface area contributed by atoms with Crippen molar-refractivity contribution in [3.05, 3.63) is 35.9 Å². The van der Waals surface area contributed by atoms with E-state index < -0.39 is 23.7 Å². The van der Waals surface area contributed by atoms with Gasteiger partial charge in [0.05, 0.1) is 17.5 Å². The number of amides is 1. The van der Waals surface area contributed by atoms with Crippen molar-refractivity contribution in [2.75, 3.05) is 0 Å². The predicted molar refractivity (Wildman–Crippen MR) is 90.8 cm³/mol. The van der Waals surface area contributed by atoms with Gasteiger partial charge in [0.1, 0.15) is 12.2 Å². The molecule has 0 radical (unpaired) electrons. The summed E-state index contributed by atoms with van der Waals surface area (Å²) >= 11 is 4.87. The molecule has 23 heavy (non-hydrogen) atoms. The van der Waals surface area contributed by atoms with E-state index in [1.54, 1.807) is 20.8 Å². The first-order valence-corrected chi connectivity index (χ1v) is 7.56. The van der Waals surface area contributed by atoms with Crippen LogP contribution in [-0.4, -0.2) is 28.7 Å².